The molecule has 118 valence electrons. The fraction of sp³-hybridized carbons (Fsp3) is 0.538. The molecule has 1 fully saturated rings. The van der Waals surface area contributed by atoms with Crippen molar-refractivity contribution in [1.29, 1.82) is 0 Å². The lowest BCUT2D eigenvalue weighted by Crippen LogP contribution is -2.60. The monoisotopic (exact) mass is 302 g/mol. The van der Waals surface area contributed by atoms with Gasteiger partial charge in [-0.05, 0) is 6.07 Å². The molecule has 1 heterocycles. The van der Waals surface area contributed by atoms with E-state index in [2.05, 4.69) is 0 Å². The van der Waals surface area contributed by atoms with Gasteiger partial charge < -0.3 is 40.1 Å². The molecule has 0 radical (unpaired) electrons. The number of hydrogen-bond donors (Lipinski definition) is 6. The number of aliphatic hydroxyl groups excluding tert-OH is 5. The second-order valence-electron chi connectivity index (χ2n) is 4.74. The zero-order chi connectivity index (χ0) is 15.6. The second-order valence-corrected chi connectivity index (χ2v) is 4.74. The number of hydrogen-bond acceptors (Lipinski definition) is 8. The van der Waals surface area contributed by atoms with Crippen LogP contribution in [-0.4, -0.2) is 68.0 Å². The van der Waals surface area contributed by atoms with Crippen LogP contribution in [0.5, 0.6) is 11.5 Å². The van der Waals surface area contributed by atoms with E-state index in [-0.39, 0.29) is 17.1 Å². The summed E-state index contributed by atoms with van der Waals surface area (Å²) in [5, 5.41) is 57.2. The van der Waals surface area contributed by atoms with Crippen molar-refractivity contribution in [1.82, 2.24) is 0 Å². The summed E-state index contributed by atoms with van der Waals surface area (Å²) in [6, 6.07) is 4.32. The van der Waals surface area contributed by atoms with Crippen molar-refractivity contribution < 1.29 is 40.1 Å². The van der Waals surface area contributed by atoms with Crippen LogP contribution in [0.15, 0.2) is 18.2 Å². The highest BCUT2D eigenvalue weighted by atomic mass is 16.7. The number of rotatable bonds is 4. The molecular formula is C13H18O8. The molecule has 0 aromatic heterocycles. The molecule has 1 aliphatic rings. The molecule has 21 heavy (non-hydrogen) atoms. The van der Waals surface area contributed by atoms with Gasteiger partial charge in [0, 0.05) is 5.56 Å². The minimum Gasteiger partial charge on any atom is -0.504 e. The van der Waals surface area contributed by atoms with E-state index in [0.717, 1.165) is 0 Å². The quantitative estimate of drug-likeness (QED) is 0.378. The SMILES string of the molecule is OCc1cccc(O)c1O[C@@H]1O[C@H](CO)[C@@H](O)[C@H](O)[C@H]1O. The van der Waals surface area contributed by atoms with Crippen LogP contribution in [-0.2, 0) is 11.3 Å². The number of phenolic OH excluding ortho intramolecular Hbond substituents is 1. The van der Waals surface area contributed by atoms with Crippen molar-refractivity contribution >= 4 is 0 Å². The van der Waals surface area contributed by atoms with Crippen LogP contribution in [0.3, 0.4) is 0 Å². The van der Waals surface area contributed by atoms with E-state index in [1.54, 1.807) is 0 Å². The molecule has 0 spiro atoms. The number of ether oxygens (including phenoxy) is 2. The Balaban J connectivity index is 2.22. The predicted molar refractivity (Wildman–Crippen MR) is 68.4 cm³/mol. The lowest BCUT2D eigenvalue weighted by Gasteiger charge is -2.39. The van der Waals surface area contributed by atoms with Crippen LogP contribution in [0.25, 0.3) is 0 Å². The van der Waals surface area contributed by atoms with E-state index in [1.807, 2.05) is 0 Å². The fourth-order valence-corrected chi connectivity index (χ4v) is 2.11. The molecule has 0 bridgehead atoms. The third kappa shape index (κ3) is 3.10. The third-order valence-electron chi connectivity index (χ3n) is 3.33. The summed E-state index contributed by atoms with van der Waals surface area (Å²) in [5.74, 6) is -0.386. The Hall–Kier alpha value is -1.42. The summed E-state index contributed by atoms with van der Waals surface area (Å²) >= 11 is 0. The van der Waals surface area contributed by atoms with Crippen LogP contribution in [0.2, 0.25) is 0 Å². The molecule has 5 atom stereocenters. The summed E-state index contributed by atoms with van der Waals surface area (Å²) in [4.78, 5) is 0. The molecule has 1 aromatic carbocycles. The van der Waals surface area contributed by atoms with E-state index < -0.39 is 43.9 Å². The summed E-state index contributed by atoms with van der Waals surface area (Å²) < 4.78 is 10.5. The smallest absolute Gasteiger partial charge is 0.229 e. The normalized spacial score (nSPS) is 32.9. The van der Waals surface area contributed by atoms with Gasteiger partial charge in [0.1, 0.15) is 24.4 Å². The van der Waals surface area contributed by atoms with Gasteiger partial charge in [0.25, 0.3) is 0 Å². The van der Waals surface area contributed by atoms with Crippen molar-refractivity contribution in [3.63, 3.8) is 0 Å². The first kappa shape index (κ1) is 16.0. The van der Waals surface area contributed by atoms with Gasteiger partial charge in [-0.3, -0.25) is 0 Å². The van der Waals surface area contributed by atoms with E-state index in [9.17, 15) is 25.5 Å². The van der Waals surface area contributed by atoms with Gasteiger partial charge in [-0.2, -0.15) is 0 Å². The average molecular weight is 302 g/mol. The van der Waals surface area contributed by atoms with Crippen molar-refractivity contribution in [2.24, 2.45) is 0 Å². The molecule has 0 amide bonds. The number of benzene rings is 1. The highest BCUT2D eigenvalue weighted by Gasteiger charge is 2.45. The maximum atomic E-state index is 9.85. The van der Waals surface area contributed by atoms with E-state index in [0.29, 0.717) is 0 Å². The average Bonchev–Trinajstić information content (AvgIpc) is 2.49. The molecule has 0 aliphatic carbocycles. The molecule has 1 saturated heterocycles. The molecule has 0 saturated carbocycles. The van der Waals surface area contributed by atoms with Gasteiger partial charge in [0.15, 0.2) is 11.5 Å². The van der Waals surface area contributed by atoms with Gasteiger partial charge in [-0.25, -0.2) is 0 Å². The maximum Gasteiger partial charge on any atom is 0.229 e. The minimum absolute atomic E-state index is 0.107. The molecular weight excluding hydrogens is 284 g/mol. The Morgan fingerprint density at radius 2 is 1.76 bits per heavy atom. The Labute approximate surface area is 120 Å². The summed E-state index contributed by atoms with van der Waals surface area (Å²) in [7, 11) is 0. The van der Waals surface area contributed by atoms with Gasteiger partial charge >= 0.3 is 0 Å². The van der Waals surface area contributed by atoms with Crippen LogP contribution in [0, 0.1) is 0 Å². The van der Waals surface area contributed by atoms with Crippen molar-refractivity contribution in [3.05, 3.63) is 23.8 Å². The number of para-hydroxylation sites is 1. The predicted octanol–water partition coefficient (Wildman–Crippen LogP) is -1.94. The number of aliphatic hydroxyl groups is 5. The lowest BCUT2D eigenvalue weighted by atomic mass is 9.99. The Morgan fingerprint density at radius 3 is 2.38 bits per heavy atom. The Kier molecular flexibility index (Phi) is 4.99. The molecule has 2 rings (SSSR count). The highest BCUT2D eigenvalue weighted by Crippen LogP contribution is 2.33. The van der Waals surface area contributed by atoms with Gasteiger partial charge in [0.05, 0.1) is 13.2 Å². The molecule has 0 unspecified atom stereocenters. The topological polar surface area (TPSA) is 140 Å². The summed E-state index contributed by atoms with van der Waals surface area (Å²) in [6.07, 6.45) is -7.19. The first-order valence-corrected chi connectivity index (χ1v) is 6.38. The van der Waals surface area contributed by atoms with Crippen LogP contribution >= 0.6 is 0 Å². The number of aromatic hydroxyl groups is 1. The fourth-order valence-electron chi connectivity index (χ4n) is 2.11. The molecule has 1 aliphatic heterocycles. The highest BCUT2D eigenvalue weighted by molar-refractivity contribution is 5.45. The third-order valence-corrected chi connectivity index (χ3v) is 3.33. The largest absolute Gasteiger partial charge is 0.504 e. The van der Waals surface area contributed by atoms with Gasteiger partial charge in [0.2, 0.25) is 6.29 Å². The number of phenols is 1. The zero-order valence-electron chi connectivity index (χ0n) is 11.0. The zero-order valence-corrected chi connectivity index (χ0v) is 11.0. The molecule has 1 aromatic rings. The van der Waals surface area contributed by atoms with Crippen molar-refractivity contribution in [3.8, 4) is 11.5 Å². The van der Waals surface area contributed by atoms with E-state index in [1.165, 1.54) is 18.2 Å². The first-order chi connectivity index (χ1) is 9.99. The van der Waals surface area contributed by atoms with Crippen LogP contribution in [0.1, 0.15) is 5.56 Å². The van der Waals surface area contributed by atoms with E-state index in [4.69, 9.17) is 14.6 Å². The summed E-state index contributed by atoms with van der Waals surface area (Å²) in [5.41, 5.74) is 0.256. The maximum absolute atomic E-state index is 9.85. The first-order valence-electron chi connectivity index (χ1n) is 6.38. The Morgan fingerprint density at radius 1 is 1.05 bits per heavy atom. The standard InChI is InChI=1S/C13H18O8/c14-4-6-2-1-3-7(16)12(6)21-13-11(19)10(18)9(17)8(5-15)20-13/h1-3,8-11,13-19H,4-5H2/t8-,9-,10+,11-,13+/m1/s1. The second kappa shape index (κ2) is 6.56. The summed E-state index contributed by atoms with van der Waals surface area (Å²) in [6.45, 7) is -1.00. The molecule has 8 nitrogen and oxygen atoms in total. The lowest BCUT2D eigenvalue weighted by molar-refractivity contribution is -0.277. The Bertz CT molecular complexity index is 477. The van der Waals surface area contributed by atoms with Gasteiger partial charge in [-0.1, -0.05) is 12.1 Å². The van der Waals surface area contributed by atoms with Crippen LogP contribution in [0.4, 0.5) is 0 Å². The van der Waals surface area contributed by atoms with Crippen molar-refractivity contribution in [2.75, 3.05) is 6.61 Å². The van der Waals surface area contributed by atoms with Crippen molar-refractivity contribution in [2.45, 2.75) is 37.3 Å². The molecule has 6 N–H and O–H groups in total. The van der Waals surface area contributed by atoms with E-state index >= 15 is 0 Å². The minimum atomic E-state index is -1.59. The van der Waals surface area contributed by atoms with Crippen LogP contribution < -0.4 is 4.74 Å². The van der Waals surface area contributed by atoms with Gasteiger partial charge in [-0.15, -0.1) is 0 Å². The molecule has 8 heteroatoms.